The fourth-order valence-electron chi connectivity index (χ4n) is 3.12. The number of nitrogens with one attached hydrogen (secondary N) is 1. The second kappa shape index (κ2) is 7.83. The Labute approximate surface area is 154 Å². The smallest absolute Gasteiger partial charge is 0.251 e. The topological polar surface area (TPSA) is 67.3 Å². The lowest BCUT2D eigenvalue weighted by Gasteiger charge is -2.25. The van der Waals surface area contributed by atoms with Gasteiger partial charge in [-0.25, -0.2) is 9.97 Å². The van der Waals surface area contributed by atoms with Crippen LogP contribution in [0.3, 0.4) is 0 Å². The van der Waals surface area contributed by atoms with Gasteiger partial charge in [0.25, 0.3) is 5.91 Å². The Morgan fingerprint density at radius 3 is 2.81 bits per heavy atom. The number of carbonyl (C=O) groups excluding carboxylic acids is 1. The monoisotopic (exact) mass is 354 g/mol. The number of hydrogen-bond donors (Lipinski definition) is 1. The molecule has 1 aliphatic heterocycles. The molecule has 1 aromatic carbocycles. The van der Waals surface area contributed by atoms with Crippen molar-refractivity contribution < 1.29 is 9.53 Å². The van der Waals surface area contributed by atoms with Crippen LogP contribution in [0, 0.1) is 0 Å². The van der Waals surface area contributed by atoms with E-state index >= 15 is 0 Å². The lowest BCUT2D eigenvalue weighted by Crippen LogP contribution is -2.49. The van der Waals surface area contributed by atoms with Gasteiger partial charge in [0, 0.05) is 37.5 Å². The highest BCUT2D eigenvalue weighted by atomic mass is 16.5. The minimum atomic E-state index is -0.814. The van der Waals surface area contributed by atoms with Gasteiger partial charge in [-0.05, 0) is 33.3 Å². The van der Waals surface area contributed by atoms with Crippen molar-refractivity contribution in [3.8, 4) is 11.3 Å². The summed E-state index contributed by atoms with van der Waals surface area (Å²) in [6.07, 6.45) is 2.65. The molecule has 6 heteroatoms. The Balaban J connectivity index is 1.65. The minimum absolute atomic E-state index is 0.0752. The second-order valence-corrected chi connectivity index (χ2v) is 6.96. The number of ether oxygens (including phenoxy) is 1. The molecule has 1 N–H and O–H groups in total. The van der Waals surface area contributed by atoms with E-state index in [1.165, 1.54) is 0 Å². The van der Waals surface area contributed by atoms with Crippen molar-refractivity contribution in [2.75, 3.05) is 24.6 Å². The van der Waals surface area contributed by atoms with E-state index in [-0.39, 0.29) is 11.9 Å². The third-order valence-corrected chi connectivity index (χ3v) is 4.57. The van der Waals surface area contributed by atoms with Gasteiger partial charge in [-0.2, -0.15) is 0 Å². The molecule has 1 aromatic heterocycles. The molecule has 138 valence electrons. The van der Waals surface area contributed by atoms with E-state index in [9.17, 15) is 4.79 Å². The zero-order valence-electron chi connectivity index (χ0n) is 15.6. The maximum absolute atomic E-state index is 12.4. The van der Waals surface area contributed by atoms with Crippen LogP contribution in [0.5, 0.6) is 0 Å². The van der Waals surface area contributed by atoms with E-state index in [1.54, 1.807) is 20.0 Å². The standard InChI is InChI=1S/C20H26N4O2/c1-4-26-20(2,3)18(25)22-16-11-13-24(14-16)19-21-12-10-17(23-19)15-8-6-5-7-9-15/h5-10,12,16H,4,11,13-14H2,1-3H3,(H,22,25). The van der Waals surface area contributed by atoms with Crippen molar-refractivity contribution in [2.24, 2.45) is 0 Å². The van der Waals surface area contributed by atoms with Crippen LogP contribution < -0.4 is 10.2 Å². The first-order chi connectivity index (χ1) is 12.5. The highest BCUT2D eigenvalue weighted by molar-refractivity contribution is 5.84. The molecule has 2 aromatic rings. The summed E-state index contributed by atoms with van der Waals surface area (Å²) in [5, 5.41) is 3.09. The van der Waals surface area contributed by atoms with E-state index in [4.69, 9.17) is 9.72 Å². The summed E-state index contributed by atoms with van der Waals surface area (Å²) in [6.45, 7) is 7.52. The molecule has 0 bridgehead atoms. The van der Waals surface area contributed by atoms with E-state index < -0.39 is 5.60 Å². The molecule has 2 heterocycles. The molecule has 0 saturated carbocycles. The van der Waals surface area contributed by atoms with Crippen molar-refractivity contribution in [2.45, 2.75) is 38.8 Å². The van der Waals surface area contributed by atoms with Crippen molar-refractivity contribution in [3.05, 3.63) is 42.6 Å². The normalized spacial score (nSPS) is 17.3. The molecule has 6 nitrogen and oxygen atoms in total. The number of aromatic nitrogens is 2. The average Bonchev–Trinajstić information content (AvgIpc) is 3.11. The summed E-state index contributed by atoms with van der Waals surface area (Å²) in [7, 11) is 0. The van der Waals surface area contributed by atoms with Gasteiger partial charge in [0.1, 0.15) is 5.60 Å². The fraction of sp³-hybridized carbons (Fsp3) is 0.450. The van der Waals surface area contributed by atoms with Crippen LogP contribution in [0.15, 0.2) is 42.6 Å². The number of anilines is 1. The summed E-state index contributed by atoms with van der Waals surface area (Å²) in [5.74, 6) is 0.623. The fourth-order valence-corrected chi connectivity index (χ4v) is 3.12. The molecule has 1 saturated heterocycles. The molecule has 0 radical (unpaired) electrons. The number of benzene rings is 1. The van der Waals surface area contributed by atoms with Gasteiger partial charge in [0.2, 0.25) is 5.95 Å². The molecule has 0 spiro atoms. The molecule has 1 fully saturated rings. The molecule has 1 atom stereocenters. The molecule has 3 rings (SSSR count). The molecular weight excluding hydrogens is 328 g/mol. The molecule has 1 amide bonds. The maximum atomic E-state index is 12.4. The van der Waals surface area contributed by atoms with Gasteiger partial charge >= 0.3 is 0 Å². The third kappa shape index (κ3) is 4.19. The van der Waals surface area contributed by atoms with Gasteiger partial charge in [-0.15, -0.1) is 0 Å². The zero-order valence-corrected chi connectivity index (χ0v) is 15.6. The predicted octanol–water partition coefficient (Wildman–Crippen LogP) is 2.65. The number of nitrogens with zero attached hydrogens (tertiary/aromatic N) is 3. The van der Waals surface area contributed by atoms with E-state index in [0.717, 1.165) is 24.2 Å². The SMILES string of the molecule is CCOC(C)(C)C(=O)NC1CCN(c2nccc(-c3ccccc3)n2)C1. The first-order valence-electron chi connectivity index (χ1n) is 9.08. The van der Waals surface area contributed by atoms with Crippen LogP contribution in [0.1, 0.15) is 27.2 Å². The average molecular weight is 354 g/mol. The Morgan fingerprint density at radius 1 is 1.31 bits per heavy atom. The molecular formula is C20H26N4O2. The van der Waals surface area contributed by atoms with E-state index in [2.05, 4.69) is 15.2 Å². The van der Waals surface area contributed by atoms with E-state index in [0.29, 0.717) is 19.1 Å². The minimum Gasteiger partial charge on any atom is -0.366 e. The number of hydrogen-bond acceptors (Lipinski definition) is 5. The predicted molar refractivity (Wildman–Crippen MR) is 102 cm³/mol. The number of amides is 1. The molecule has 1 aliphatic rings. The van der Waals surface area contributed by atoms with Crippen molar-refractivity contribution in [1.82, 2.24) is 15.3 Å². The van der Waals surface area contributed by atoms with Gasteiger partial charge < -0.3 is 15.0 Å². The Morgan fingerprint density at radius 2 is 2.08 bits per heavy atom. The third-order valence-electron chi connectivity index (χ3n) is 4.57. The van der Waals surface area contributed by atoms with Crippen LogP contribution in [0.2, 0.25) is 0 Å². The van der Waals surface area contributed by atoms with Gasteiger partial charge in [0.15, 0.2) is 0 Å². The maximum Gasteiger partial charge on any atom is 0.251 e. The van der Waals surface area contributed by atoms with Gasteiger partial charge in [-0.3, -0.25) is 4.79 Å². The van der Waals surface area contributed by atoms with Crippen LogP contribution in [-0.2, 0) is 9.53 Å². The molecule has 0 aliphatic carbocycles. The lowest BCUT2D eigenvalue weighted by atomic mass is 10.1. The van der Waals surface area contributed by atoms with Crippen molar-refractivity contribution in [3.63, 3.8) is 0 Å². The highest BCUT2D eigenvalue weighted by Crippen LogP contribution is 2.21. The van der Waals surface area contributed by atoms with Gasteiger partial charge in [0.05, 0.1) is 5.69 Å². The first-order valence-corrected chi connectivity index (χ1v) is 9.08. The highest BCUT2D eigenvalue weighted by Gasteiger charge is 2.32. The van der Waals surface area contributed by atoms with Crippen LogP contribution in [0.25, 0.3) is 11.3 Å². The summed E-state index contributed by atoms with van der Waals surface area (Å²) in [6, 6.07) is 12.1. The van der Waals surface area contributed by atoms with Crippen molar-refractivity contribution >= 4 is 11.9 Å². The summed E-state index contributed by atoms with van der Waals surface area (Å²) in [4.78, 5) is 23.6. The summed E-state index contributed by atoms with van der Waals surface area (Å²) < 4.78 is 5.53. The molecule has 26 heavy (non-hydrogen) atoms. The summed E-state index contributed by atoms with van der Waals surface area (Å²) in [5.41, 5.74) is 1.16. The van der Waals surface area contributed by atoms with Crippen molar-refractivity contribution in [1.29, 1.82) is 0 Å². The largest absolute Gasteiger partial charge is 0.366 e. The Bertz CT molecular complexity index is 748. The zero-order chi connectivity index (χ0) is 18.6. The van der Waals surface area contributed by atoms with Gasteiger partial charge in [-0.1, -0.05) is 30.3 Å². The molecule has 1 unspecified atom stereocenters. The summed E-state index contributed by atoms with van der Waals surface area (Å²) >= 11 is 0. The van der Waals surface area contributed by atoms with E-state index in [1.807, 2.05) is 43.3 Å². The number of carbonyl (C=O) groups is 1. The lowest BCUT2D eigenvalue weighted by molar-refractivity contribution is -0.142. The number of rotatable bonds is 6. The van der Waals surface area contributed by atoms with Crippen LogP contribution in [0.4, 0.5) is 5.95 Å². The Hall–Kier alpha value is -2.47. The van der Waals surface area contributed by atoms with Crippen LogP contribution >= 0.6 is 0 Å². The first kappa shape index (κ1) is 18.3. The Kier molecular flexibility index (Phi) is 5.52. The second-order valence-electron chi connectivity index (χ2n) is 6.96. The quantitative estimate of drug-likeness (QED) is 0.864. The van der Waals surface area contributed by atoms with Crippen LogP contribution in [-0.4, -0.2) is 47.2 Å².